The van der Waals surface area contributed by atoms with Gasteiger partial charge in [0.05, 0.1) is 6.61 Å². The van der Waals surface area contributed by atoms with Crippen molar-refractivity contribution in [1.29, 1.82) is 0 Å². The number of carbonyl (C=O) groups is 2. The van der Waals surface area contributed by atoms with Gasteiger partial charge >= 0.3 is 18.1 Å². The molecule has 0 saturated heterocycles. The number of esters is 1. The first-order chi connectivity index (χ1) is 6.70. The van der Waals surface area contributed by atoms with E-state index in [1.165, 1.54) is 0 Å². The second kappa shape index (κ2) is 4.94. The molecule has 0 aliphatic carbocycles. The molecule has 0 amide bonds. The Morgan fingerprint density at radius 2 is 1.80 bits per heavy atom. The predicted octanol–water partition coefficient (Wildman–Crippen LogP) is -1.10. The summed E-state index contributed by atoms with van der Waals surface area (Å²) in [5, 5.41) is 25.3. The van der Waals surface area contributed by atoms with Gasteiger partial charge in [0.15, 0.2) is 0 Å². The summed E-state index contributed by atoms with van der Waals surface area (Å²) in [6.45, 7) is -1.15. The second-order valence-electron chi connectivity index (χ2n) is 2.41. The average molecular weight is 232 g/mol. The van der Waals surface area contributed by atoms with Gasteiger partial charge in [-0.05, 0) is 0 Å². The summed E-state index contributed by atoms with van der Waals surface area (Å²) in [5.74, 6) is -4.74. The number of aliphatic hydroxyl groups is 2. The molecular weight excluding hydrogens is 225 g/mol. The summed E-state index contributed by atoms with van der Waals surface area (Å²) in [6.07, 6.45) is -9.93. The Balaban J connectivity index is 4.57. The van der Waals surface area contributed by atoms with Gasteiger partial charge < -0.3 is 20.1 Å². The number of carboxylic acid groups (broad SMARTS) is 1. The fourth-order valence-electron chi connectivity index (χ4n) is 0.571. The largest absolute Gasteiger partial charge is 0.490 e. The summed E-state index contributed by atoms with van der Waals surface area (Å²) >= 11 is 0. The number of halogens is 3. The van der Waals surface area contributed by atoms with Crippen molar-refractivity contribution in [2.75, 3.05) is 6.61 Å². The fraction of sp³-hybridized carbons (Fsp3) is 0.667. The molecule has 88 valence electrons. The summed E-state index contributed by atoms with van der Waals surface area (Å²) in [7, 11) is 0. The monoisotopic (exact) mass is 232 g/mol. The summed E-state index contributed by atoms with van der Waals surface area (Å²) in [6, 6.07) is 0. The van der Waals surface area contributed by atoms with Crippen molar-refractivity contribution < 1.29 is 42.8 Å². The number of hydrogen-bond acceptors (Lipinski definition) is 5. The Hall–Kier alpha value is -1.35. The van der Waals surface area contributed by atoms with Crippen molar-refractivity contribution in [2.24, 2.45) is 0 Å². The molecule has 6 nitrogen and oxygen atoms in total. The number of carboxylic acids is 1. The topological polar surface area (TPSA) is 104 Å². The van der Waals surface area contributed by atoms with Crippen molar-refractivity contribution in [3.63, 3.8) is 0 Å². The number of ether oxygens (including phenoxy) is 1. The third kappa shape index (κ3) is 4.13. The van der Waals surface area contributed by atoms with Crippen molar-refractivity contribution in [3.05, 3.63) is 0 Å². The zero-order valence-electron chi connectivity index (χ0n) is 7.06. The van der Waals surface area contributed by atoms with Gasteiger partial charge in [-0.3, -0.25) is 0 Å². The molecule has 0 radical (unpaired) electrons. The number of alkyl halides is 3. The van der Waals surface area contributed by atoms with E-state index in [4.69, 9.17) is 15.3 Å². The van der Waals surface area contributed by atoms with Gasteiger partial charge in [0.1, 0.15) is 6.10 Å². The van der Waals surface area contributed by atoms with Gasteiger partial charge in [0.25, 0.3) is 0 Å². The van der Waals surface area contributed by atoms with Gasteiger partial charge in [0.2, 0.25) is 6.10 Å². The number of aliphatic carboxylic acids is 1. The molecule has 0 spiro atoms. The lowest BCUT2D eigenvalue weighted by atomic mass is 10.2. The summed E-state index contributed by atoms with van der Waals surface area (Å²) < 4.78 is 38.3. The Bertz CT molecular complexity index is 250. The minimum absolute atomic E-state index is 1.15. The van der Waals surface area contributed by atoms with E-state index in [1.54, 1.807) is 0 Å². The van der Waals surface area contributed by atoms with Crippen molar-refractivity contribution >= 4 is 11.9 Å². The lowest BCUT2D eigenvalue weighted by Crippen LogP contribution is -2.43. The Labute approximate surface area is 80.9 Å². The molecular formula is C6H7F3O6. The molecule has 0 aromatic heterocycles. The van der Waals surface area contributed by atoms with Crippen LogP contribution in [0.2, 0.25) is 0 Å². The number of hydrogen-bond donors (Lipinski definition) is 3. The van der Waals surface area contributed by atoms with E-state index < -0.39 is 36.9 Å². The summed E-state index contributed by atoms with van der Waals surface area (Å²) in [5.41, 5.74) is 0. The molecule has 2 atom stereocenters. The number of aliphatic hydroxyl groups excluding tert-OH is 2. The minimum Gasteiger partial charge on any atom is -0.478 e. The maximum atomic E-state index is 11.6. The molecule has 2 unspecified atom stereocenters. The molecule has 0 fully saturated rings. The average Bonchev–Trinajstić information content (AvgIpc) is 2.10. The van der Waals surface area contributed by atoms with Gasteiger partial charge in [0, 0.05) is 0 Å². The summed E-state index contributed by atoms with van der Waals surface area (Å²) in [4.78, 5) is 20.4. The van der Waals surface area contributed by atoms with Crippen LogP contribution in [-0.4, -0.2) is 52.2 Å². The van der Waals surface area contributed by atoms with E-state index in [2.05, 4.69) is 4.74 Å². The molecule has 0 bridgehead atoms. The lowest BCUT2D eigenvalue weighted by Gasteiger charge is -2.18. The molecule has 3 N–H and O–H groups in total. The van der Waals surface area contributed by atoms with E-state index >= 15 is 0 Å². The van der Waals surface area contributed by atoms with Gasteiger partial charge in [-0.1, -0.05) is 0 Å². The van der Waals surface area contributed by atoms with Crippen molar-refractivity contribution in [1.82, 2.24) is 0 Å². The van der Waals surface area contributed by atoms with E-state index in [9.17, 15) is 22.8 Å². The van der Waals surface area contributed by atoms with Crippen LogP contribution in [0.5, 0.6) is 0 Å². The molecule has 0 saturated carbocycles. The van der Waals surface area contributed by atoms with E-state index in [0.29, 0.717) is 0 Å². The molecule has 0 rings (SSSR count). The van der Waals surface area contributed by atoms with E-state index in [-0.39, 0.29) is 0 Å². The molecule has 0 aliphatic heterocycles. The predicted molar refractivity (Wildman–Crippen MR) is 36.7 cm³/mol. The van der Waals surface area contributed by atoms with Gasteiger partial charge in [-0.2, -0.15) is 13.2 Å². The van der Waals surface area contributed by atoms with Crippen LogP contribution in [-0.2, 0) is 14.3 Å². The standard InChI is InChI=1S/C6H7F3O6/c7-6(8,9)5(14)15-3(4(12)13)2(11)1-10/h2-3,10-11H,1H2,(H,12,13). The van der Waals surface area contributed by atoms with Crippen LogP contribution in [0.4, 0.5) is 13.2 Å². The maximum Gasteiger partial charge on any atom is 0.490 e. The van der Waals surface area contributed by atoms with Gasteiger partial charge in [-0.25, -0.2) is 9.59 Å². The molecule has 0 aromatic rings. The number of carbonyl (C=O) groups excluding carboxylic acids is 1. The Kier molecular flexibility index (Phi) is 4.49. The van der Waals surface area contributed by atoms with Crippen LogP contribution in [0.3, 0.4) is 0 Å². The maximum absolute atomic E-state index is 11.6. The van der Waals surface area contributed by atoms with Crippen LogP contribution in [0, 0.1) is 0 Å². The van der Waals surface area contributed by atoms with Crippen LogP contribution in [0.1, 0.15) is 0 Å². The highest BCUT2D eigenvalue weighted by Gasteiger charge is 2.44. The highest BCUT2D eigenvalue weighted by atomic mass is 19.4. The van der Waals surface area contributed by atoms with Crippen LogP contribution < -0.4 is 0 Å². The first kappa shape index (κ1) is 13.7. The van der Waals surface area contributed by atoms with Crippen molar-refractivity contribution in [3.8, 4) is 0 Å². The number of rotatable bonds is 4. The smallest absolute Gasteiger partial charge is 0.478 e. The fourth-order valence-corrected chi connectivity index (χ4v) is 0.571. The zero-order valence-corrected chi connectivity index (χ0v) is 7.06. The third-order valence-electron chi connectivity index (χ3n) is 1.25. The highest BCUT2D eigenvalue weighted by molar-refractivity contribution is 5.81. The van der Waals surface area contributed by atoms with Crippen LogP contribution in [0.15, 0.2) is 0 Å². The first-order valence-corrected chi connectivity index (χ1v) is 3.49. The SMILES string of the molecule is O=C(O)C(OC(=O)C(F)(F)F)C(O)CO. The normalized spacial score (nSPS) is 15.5. The highest BCUT2D eigenvalue weighted by Crippen LogP contribution is 2.18. The van der Waals surface area contributed by atoms with Crippen LogP contribution in [0.25, 0.3) is 0 Å². The molecule has 15 heavy (non-hydrogen) atoms. The third-order valence-corrected chi connectivity index (χ3v) is 1.25. The molecule has 0 aliphatic rings. The zero-order chi connectivity index (χ0) is 12.2. The van der Waals surface area contributed by atoms with Gasteiger partial charge in [-0.15, -0.1) is 0 Å². The second-order valence-corrected chi connectivity index (χ2v) is 2.41. The quantitative estimate of drug-likeness (QED) is 0.531. The van der Waals surface area contributed by atoms with Crippen molar-refractivity contribution in [2.45, 2.75) is 18.4 Å². The van der Waals surface area contributed by atoms with E-state index in [1.807, 2.05) is 0 Å². The molecule has 0 heterocycles. The minimum atomic E-state index is -5.36. The lowest BCUT2D eigenvalue weighted by molar-refractivity contribution is -0.212. The molecule has 9 heteroatoms. The molecule has 0 aromatic carbocycles. The van der Waals surface area contributed by atoms with E-state index in [0.717, 1.165) is 0 Å². The van der Waals surface area contributed by atoms with Crippen LogP contribution >= 0.6 is 0 Å². The Morgan fingerprint density at radius 3 is 2.07 bits per heavy atom. The Morgan fingerprint density at radius 1 is 1.33 bits per heavy atom. The first-order valence-electron chi connectivity index (χ1n) is 3.49.